The second kappa shape index (κ2) is 30.4. The van der Waals surface area contributed by atoms with Crippen LogP contribution in [0, 0.1) is 0 Å². The molecule has 0 heterocycles. The van der Waals surface area contributed by atoms with E-state index < -0.39 is 24.5 Å². The van der Waals surface area contributed by atoms with Gasteiger partial charge in [0, 0.05) is 12.8 Å². The maximum Gasteiger partial charge on any atom is 0.328 e. The van der Waals surface area contributed by atoms with Crippen molar-refractivity contribution in [3.8, 4) is 0 Å². The highest BCUT2D eigenvalue weighted by molar-refractivity contribution is 5.87. The standard InChI is InChI=1S/C35H62N2O7/c1-3-5-7-8-9-10-11-12-13-14-15-16-17-18-23-27-34(41)44-30(24-20-6-4-2)25-21-19-22-26-32(39)36-28-33(40)37-31(29-38)35(42)43/h9-10,12-13,30-31,38H,3-8,11,14-29H2,1-2H3,(H,36,39)(H,37,40)(H,42,43)/b10-9-,13-12-. The Kier molecular flexibility index (Phi) is 28.5. The van der Waals surface area contributed by atoms with E-state index in [0.717, 1.165) is 77.0 Å². The van der Waals surface area contributed by atoms with Crippen LogP contribution < -0.4 is 10.6 Å². The highest BCUT2D eigenvalue weighted by atomic mass is 16.5. The topological polar surface area (TPSA) is 142 Å². The van der Waals surface area contributed by atoms with Crippen molar-refractivity contribution in [2.24, 2.45) is 0 Å². The molecule has 0 aliphatic carbocycles. The van der Waals surface area contributed by atoms with E-state index >= 15 is 0 Å². The number of amides is 2. The Morgan fingerprint density at radius 1 is 0.682 bits per heavy atom. The molecule has 44 heavy (non-hydrogen) atoms. The second-order valence-corrected chi connectivity index (χ2v) is 11.6. The van der Waals surface area contributed by atoms with Crippen molar-refractivity contribution < 1.29 is 34.1 Å². The number of esters is 1. The van der Waals surface area contributed by atoms with Crippen LogP contribution in [0.5, 0.6) is 0 Å². The van der Waals surface area contributed by atoms with Gasteiger partial charge in [-0.1, -0.05) is 89.5 Å². The van der Waals surface area contributed by atoms with Gasteiger partial charge < -0.3 is 25.6 Å². The Labute approximate surface area is 266 Å². The SMILES string of the molecule is CCCCC/C=C\C/C=C\CCCCCCCC(=O)OC(CCCCC)CCCCCC(=O)NCC(=O)NC(CO)C(=O)O. The monoisotopic (exact) mass is 622 g/mol. The molecule has 0 aliphatic heterocycles. The average molecular weight is 623 g/mol. The first-order valence-electron chi connectivity index (χ1n) is 17.2. The normalized spacial score (nSPS) is 12.8. The van der Waals surface area contributed by atoms with Crippen LogP contribution in [0.1, 0.15) is 149 Å². The van der Waals surface area contributed by atoms with Gasteiger partial charge >= 0.3 is 11.9 Å². The third-order valence-corrected chi connectivity index (χ3v) is 7.45. The summed E-state index contributed by atoms with van der Waals surface area (Å²) in [5.41, 5.74) is 0. The van der Waals surface area contributed by atoms with Gasteiger partial charge in [-0.15, -0.1) is 0 Å². The summed E-state index contributed by atoms with van der Waals surface area (Å²) in [7, 11) is 0. The molecule has 0 aromatic carbocycles. The van der Waals surface area contributed by atoms with Crippen LogP contribution in [0.2, 0.25) is 0 Å². The number of unbranched alkanes of at least 4 members (excludes halogenated alkanes) is 12. The van der Waals surface area contributed by atoms with Crippen LogP contribution in [0.25, 0.3) is 0 Å². The number of hydrogen-bond donors (Lipinski definition) is 4. The number of aliphatic hydroxyl groups excluding tert-OH is 1. The van der Waals surface area contributed by atoms with Crippen LogP contribution in [-0.4, -0.2) is 59.3 Å². The van der Waals surface area contributed by atoms with Crippen molar-refractivity contribution in [1.29, 1.82) is 0 Å². The Bertz CT molecular complexity index is 813. The molecule has 0 spiro atoms. The van der Waals surface area contributed by atoms with Gasteiger partial charge in [0.05, 0.1) is 13.2 Å². The first kappa shape index (κ1) is 41.3. The molecule has 0 bridgehead atoms. The fourth-order valence-electron chi connectivity index (χ4n) is 4.74. The van der Waals surface area contributed by atoms with E-state index in [0.29, 0.717) is 12.8 Å². The van der Waals surface area contributed by atoms with Crippen LogP contribution in [0.3, 0.4) is 0 Å². The molecule has 0 saturated heterocycles. The maximum absolute atomic E-state index is 12.5. The minimum Gasteiger partial charge on any atom is -0.480 e. The third kappa shape index (κ3) is 26.9. The molecule has 0 radical (unpaired) electrons. The number of carboxylic acid groups (broad SMARTS) is 1. The number of allylic oxidation sites excluding steroid dienone is 4. The highest BCUT2D eigenvalue weighted by Crippen LogP contribution is 2.17. The van der Waals surface area contributed by atoms with Crippen molar-refractivity contribution in [3.63, 3.8) is 0 Å². The Morgan fingerprint density at radius 2 is 1.23 bits per heavy atom. The summed E-state index contributed by atoms with van der Waals surface area (Å²) in [6.45, 7) is 3.32. The lowest BCUT2D eigenvalue weighted by molar-refractivity contribution is -0.150. The number of aliphatic carboxylic acids is 1. The first-order valence-corrected chi connectivity index (χ1v) is 17.2. The summed E-state index contributed by atoms with van der Waals surface area (Å²) < 4.78 is 5.83. The fourth-order valence-corrected chi connectivity index (χ4v) is 4.74. The number of aliphatic hydroxyl groups is 1. The molecular formula is C35H62N2O7. The van der Waals surface area contributed by atoms with Crippen molar-refractivity contribution in [2.45, 2.75) is 161 Å². The van der Waals surface area contributed by atoms with Gasteiger partial charge in [-0.2, -0.15) is 0 Å². The van der Waals surface area contributed by atoms with E-state index in [4.69, 9.17) is 14.9 Å². The minimum atomic E-state index is -1.39. The predicted molar refractivity (Wildman–Crippen MR) is 176 cm³/mol. The van der Waals surface area contributed by atoms with Crippen LogP contribution in [0.15, 0.2) is 24.3 Å². The van der Waals surface area contributed by atoms with Gasteiger partial charge in [0.2, 0.25) is 11.8 Å². The molecule has 0 fully saturated rings. The molecule has 2 amide bonds. The van der Waals surface area contributed by atoms with E-state index in [1.54, 1.807) is 0 Å². The fraction of sp³-hybridized carbons (Fsp3) is 0.771. The number of ether oxygens (including phenoxy) is 1. The summed E-state index contributed by atoms with van der Waals surface area (Å²) >= 11 is 0. The van der Waals surface area contributed by atoms with Gasteiger partial charge in [-0.05, 0) is 70.6 Å². The largest absolute Gasteiger partial charge is 0.480 e. The molecule has 9 heteroatoms. The Balaban J connectivity index is 4.03. The van der Waals surface area contributed by atoms with Crippen molar-refractivity contribution >= 4 is 23.8 Å². The van der Waals surface area contributed by atoms with Crippen molar-refractivity contribution in [3.05, 3.63) is 24.3 Å². The van der Waals surface area contributed by atoms with Crippen LogP contribution in [-0.2, 0) is 23.9 Å². The molecule has 0 rings (SSSR count). The zero-order valence-electron chi connectivity index (χ0n) is 27.7. The number of carbonyl (C=O) groups is 4. The number of hydrogen-bond acceptors (Lipinski definition) is 6. The van der Waals surface area contributed by atoms with E-state index in [9.17, 15) is 19.2 Å². The lowest BCUT2D eigenvalue weighted by Gasteiger charge is -2.18. The van der Waals surface area contributed by atoms with Crippen molar-refractivity contribution in [1.82, 2.24) is 10.6 Å². The number of nitrogens with one attached hydrogen (secondary N) is 2. The minimum absolute atomic E-state index is 0.0850. The van der Waals surface area contributed by atoms with E-state index in [1.165, 1.54) is 38.5 Å². The zero-order chi connectivity index (χ0) is 32.7. The molecule has 2 unspecified atom stereocenters. The summed E-state index contributed by atoms with van der Waals surface area (Å²) in [6.07, 6.45) is 29.5. The van der Waals surface area contributed by atoms with E-state index in [1.807, 2.05) is 0 Å². The molecule has 0 saturated carbocycles. The summed E-state index contributed by atoms with van der Waals surface area (Å²) in [4.78, 5) is 47.1. The van der Waals surface area contributed by atoms with E-state index in [-0.39, 0.29) is 30.9 Å². The highest BCUT2D eigenvalue weighted by Gasteiger charge is 2.19. The Morgan fingerprint density at radius 3 is 1.86 bits per heavy atom. The zero-order valence-corrected chi connectivity index (χ0v) is 27.7. The number of carbonyl (C=O) groups excluding carboxylic acids is 3. The van der Waals surface area contributed by atoms with Gasteiger partial charge in [-0.25, -0.2) is 4.79 Å². The summed E-state index contributed by atoms with van der Waals surface area (Å²) in [5, 5.41) is 22.4. The predicted octanol–water partition coefficient (Wildman–Crippen LogP) is 6.92. The van der Waals surface area contributed by atoms with Gasteiger partial charge in [-0.3, -0.25) is 14.4 Å². The first-order chi connectivity index (χ1) is 21.3. The molecular weight excluding hydrogens is 560 g/mol. The summed E-state index contributed by atoms with van der Waals surface area (Å²) in [5.74, 6) is -2.41. The lowest BCUT2D eigenvalue weighted by Crippen LogP contribution is -2.47. The molecule has 9 nitrogen and oxygen atoms in total. The average Bonchev–Trinajstić information content (AvgIpc) is 3.00. The molecule has 0 aliphatic rings. The van der Waals surface area contributed by atoms with Crippen LogP contribution in [0.4, 0.5) is 0 Å². The van der Waals surface area contributed by atoms with Gasteiger partial charge in [0.15, 0.2) is 0 Å². The molecule has 0 aromatic rings. The van der Waals surface area contributed by atoms with Crippen LogP contribution >= 0.6 is 0 Å². The molecule has 4 N–H and O–H groups in total. The number of carboxylic acids is 1. The number of rotatable bonds is 30. The van der Waals surface area contributed by atoms with Gasteiger partial charge in [0.1, 0.15) is 12.1 Å². The molecule has 0 aromatic heterocycles. The lowest BCUT2D eigenvalue weighted by atomic mass is 10.0. The maximum atomic E-state index is 12.5. The molecule has 2 atom stereocenters. The second-order valence-electron chi connectivity index (χ2n) is 11.6. The summed E-state index contributed by atoms with van der Waals surface area (Å²) in [6, 6.07) is -1.39. The quantitative estimate of drug-likeness (QED) is 0.0387. The third-order valence-electron chi connectivity index (χ3n) is 7.45. The van der Waals surface area contributed by atoms with Crippen molar-refractivity contribution in [2.75, 3.05) is 13.2 Å². The van der Waals surface area contributed by atoms with Gasteiger partial charge in [0.25, 0.3) is 0 Å². The smallest absolute Gasteiger partial charge is 0.328 e. The molecule has 254 valence electrons. The Hall–Kier alpha value is -2.68. The van der Waals surface area contributed by atoms with E-state index in [2.05, 4.69) is 48.8 Å².